The van der Waals surface area contributed by atoms with Gasteiger partial charge in [-0.05, 0) is 12.8 Å². The van der Waals surface area contributed by atoms with Crippen molar-refractivity contribution in [2.24, 2.45) is 0 Å². The Morgan fingerprint density at radius 3 is 2.93 bits per heavy atom. The van der Waals surface area contributed by atoms with Crippen LogP contribution < -0.4 is 0 Å². The van der Waals surface area contributed by atoms with Gasteiger partial charge in [0.2, 0.25) is 0 Å². The molecule has 2 fully saturated rings. The standard InChI is InChI=1S/C9H13N3O2/c13-8-4-14-3-7(8)12-5-10-9(11-12)6-1-2-6/h5-8,13H,1-4H2. The van der Waals surface area contributed by atoms with Crippen LogP contribution in [0.15, 0.2) is 6.33 Å². The molecular weight excluding hydrogens is 182 g/mol. The van der Waals surface area contributed by atoms with Crippen LogP contribution in [0.1, 0.15) is 30.6 Å². The molecule has 5 nitrogen and oxygen atoms in total. The van der Waals surface area contributed by atoms with Gasteiger partial charge in [0.15, 0.2) is 5.82 Å². The number of hydrogen-bond donors (Lipinski definition) is 1. The first-order chi connectivity index (χ1) is 6.84. The van der Waals surface area contributed by atoms with Crippen molar-refractivity contribution in [2.75, 3.05) is 13.2 Å². The van der Waals surface area contributed by atoms with Crippen molar-refractivity contribution in [3.8, 4) is 0 Å². The third kappa shape index (κ3) is 1.33. The molecule has 1 aromatic heterocycles. The van der Waals surface area contributed by atoms with Crippen molar-refractivity contribution >= 4 is 0 Å². The van der Waals surface area contributed by atoms with Crippen LogP contribution in [0.2, 0.25) is 0 Å². The Labute approximate surface area is 81.7 Å². The molecule has 0 spiro atoms. The van der Waals surface area contributed by atoms with Crippen LogP contribution in [-0.2, 0) is 4.74 Å². The van der Waals surface area contributed by atoms with Crippen LogP contribution in [0.4, 0.5) is 0 Å². The van der Waals surface area contributed by atoms with E-state index in [2.05, 4.69) is 10.1 Å². The monoisotopic (exact) mass is 195 g/mol. The summed E-state index contributed by atoms with van der Waals surface area (Å²) >= 11 is 0. The Morgan fingerprint density at radius 2 is 2.29 bits per heavy atom. The summed E-state index contributed by atoms with van der Waals surface area (Å²) in [5, 5.41) is 14.0. The highest BCUT2D eigenvalue weighted by Gasteiger charge is 2.32. The van der Waals surface area contributed by atoms with Crippen molar-refractivity contribution in [3.63, 3.8) is 0 Å². The summed E-state index contributed by atoms with van der Waals surface area (Å²) in [6.45, 7) is 0.942. The van der Waals surface area contributed by atoms with Crippen LogP contribution >= 0.6 is 0 Å². The summed E-state index contributed by atoms with van der Waals surface area (Å²) in [6, 6.07) is -0.0463. The summed E-state index contributed by atoms with van der Waals surface area (Å²) in [5.41, 5.74) is 0. The average Bonchev–Trinajstić information content (AvgIpc) is 2.75. The van der Waals surface area contributed by atoms with E-state index in [1.807, 2.05) is 0 Å². The second-order valence-electron chi connectivity index (χ2n) is 4.03. The molecule has 2 aliphatic rings. The first kappa shape index (κ1) is 8.38. The SMILES string of the molecule is OC1COCC1n1cnc(C2CC2)n1. The van der Waals surface area contributed by atoms with Crippen LogP contribution in [0.5, 0.6) is 0 Å². The number of aromatic nitrogens is 3. The van der Waals surface area contributed by atoms with Crippen molar-refractivity contribution in [1.29, 1.82) is 0 Å². The number of aliphatic hydroxyl groups is 1. The maximum atomic E-state index is 9.59. The maximum absolute atomic E-state index is 9.59. The largest absolute Gasteiger partial charge is 0.388 e. The Morgan fingerprint density at radius 1 is 1.43 bits per heavy atom. The van der Waals surface area contributed by atoms with Crippen molar-refractivity contribution in [1.82, 2.24) is 14.8 Å². The molecule has 5 heteroatoms. The predicted octanol–water partition coefficient (Wildman–Crippen LogP) is 0.0877. The lowest BCUT2D eigenvalue weighted by Crippen LogP contribution is -2.22. The number of rotatable bonds is 2. The lowest BCUT2D eigenvalue weighted by molar-refractivity contribution is 0.118. The molecule has 1 N–H and O–H groups in total. The molecule has 2 heterocycles. The molecule has 3 rings (SSSR count). The molecule has 2 atom stereocenters. The molecule has 0 amide bonds. The molecule has 0 aromatic carbocycles. The highest BCUT2D eigenvalue weighted by atomic mass is 16.5. The lowest BCUT2D eigenvalue weighted by Gasteiger charge is -2.11. The zero-order valence-corrected chi connectivity index (χ0v) is 7.83. The van der Waals surface area contributed by atoms with Crippen LogP contribution in [-0.4, -0.2) is 39.2 Å². The zero-order valence-electron chi connectivity index (χ0n) is 7.83. The van der Waals surface area contributed by atoms with Gasteiger partial charge in [-0.25, -0.2) is 9.67 Å². The first-order valence-corrected chi connectivity index (χ1v) is 5.01. The molecule has 1 saturated carbocycles. The van der Waals surface area contributed by atoms with E-state index in [0.717, 1.165) is 5.82 Å². The lowest BCUT2D eigenvalue weighted by atomic mass is 10.2. The smallest absolute Gasteiger partial charge is 0.153 e. The number of hydrogen-bond acceptors (Lipinski definition) is 4. The zero-order chi connectivity index (χ0) is 9.54. The normalized spacial score (nSPS) is 32.4. The number of aliphatic hydroxyl groups excluding tert-OH is 1. The van der Waals surface area contributed by atoms with E-state index in [1.54, 1.807) is 11.0 Å². The molecule has 1 aliphatic carbocycles. The molecule has 0 radical (unpaired) electrons. The molecule has 76 valence electrons. The summed E-state index contributed by atoms with van der Waals surface area (Å²) in [4.78, 5) is 4.24. The van der Waals surface area contributed by atoms with Crippen LogP contribution in [0.3, 0.4) is 0 Å². The quantitative estimate of drug-likeness (QED) is 0.726. The minimum atomic E-state index is -0.441. The van der Waals surface area contributed by atoms with Crippen molar-refractivity contribution in [3.05, 3.63) is 12.2 Å². The maximum Gasteiger partial charge on any atom is 0.153 e. The molecule has 2 unspecified atom stereocenters. The molecule has 1 saturated heterocycles. The fourth-order valence-corrected chi connectivity index (χ4v) is 1.76. The van der Waals surface area contributed by atoms with Gasteiger partial charge in [0.05, 0.1) is 13.2 Å². The Bertz CT molecular complexity index is 335. The number of ether oxygens (including phenoxy) is 1. The highest BCUT2D eigenvalue weighted by molar-refractivity contribution is 5.03. The fourth-order valence-electron chi connectivity index (χ4n) is 1.76. The highest BCUT2D eigenvalue weighted by Crippen LogP contribution is 2.38. The Balaban J connectivity index is 1.81. The van der Waals surface area contributed by atoms with Gasteiger partial charge in [-0.2, -0.15) is 5.10 Å². The summed E-state index contributed by atoms with van der Waals surface area (Å²) in [5.74, 6) is 1.49. The van der Waals surface area contributed by atoms with Crippen LogP contribution in [0, 0.1) is 0 Å². The average molecular weight is 195 g/mol. The van der Waals surface area contributed by atoms with E-state index in [0.29, 0.717) is 19.1 Å². The van der Waals surface area contributed by atoms with Gasteiger partial charge in [0, 0.05) is 5.92 Å². The molecule has 14 heavy (non-hydrogen) atoms. The van der Waals surface area contributed by atoms with Gasteiger partial charge >= 0.3 is 0 Å². The van der Waals surface area contributed by atoms with Gasteiger partial charge in [-0.15, -0.1) is 0 Å². The van der Waals surface area contributed by atoms with E-state index >= 15 is 0 Å². The van der Waals surface area contributed by atoms with Gasteiger partial charge in [0.25, 0.3) is 0 Å². The third-order valence-corrected chi connectivity index (χ3v) is 2.83. The topological polar surface area (TPSA) is 60.2 Å². The van der Waals surface area contributed by atoms with E-state index in [1.165, 1.54) is 12.8 Å². The minimum absolute atomic E-state index is 0.0463. The number of nitrogens with zero attached hydrogens (tertiary/aromatic N) is 3. The van der Waals surface area contributed by atoms with Crippen molar-refractivity contribution in [2.45, 2.75) is 30.9 Å². The van der Waals surface area contributed by atoms with E-state index < -0.39 is 6.10 Å². The first-order valence-electron chi connectivity index (χ1n) is 5.01. The van der Waals surface area contributed by atoms with E-state index in [9.17, 15) is 5.11 Å². The van der Waals surface area contributed by atoms with Crippen molar-refractivity contribution < 1.29 is 9.84 Å². The molecule has 1 aromatic rings. The second-order valence-corrected chi connectivity index (χ2v) is 4.03. The van der Waals surface area contributed by atoms with Gasteiger partial charge in [0.1, 0.15) is 18.5 Å². The Hall–Kier alpha value is -0.940. The molecular formula is C9H13N3O2. The van der Waals surface area contributed by atoms with Gasteiger partial charge in [-0.3, -0.25) is 0 Å². The molecule has 1 aliphatic heterocycles. The second kappa shape index (κ2) is 3.03. The summed E-state index contributed by atoms with van der Waals surface area (Å²) in [6.07, 6.45) is 3.67. The summed E-state index contributed by atoms with van der Waals surface area (Å²) in [7, 11) is 0. The predicted molar refractivity (Wildman–Crippen MR) is 47.9 cm³/mol. The third-order valence-electron chi connectivity index (χ3n) is 2.83. The van der Waals surface area contributed by atoms with Gasteiger partial charge in [-0.1, -0.05) is 0 Å². The molecule has 0 bridgehead atoms. The minimum Gasteiger partial charge on any atom is -0.388 e. The van der Waals surface area contributed by atoms with E-state index in [4.69, 9.17) is 4.74 Å². The Kier molecular flexibility index (Phi) is 1.81. The van der Waals surface area contributed by atoms with E-state index in [-0.39, 0.29) is 6.04 Å². The fraction of sp³-hybridized carbons (Fsp3) is 0.778. The van der Waals surface area contributed by atoms with Gasteiger partial charge < -0.3 is 9.84 Å². The van der Waals surface area contributed by atoms with Crippen LogP contribution in [0.25, 0.3) is 0 Å². The summed E-state index contributed by atoms with van der Waals surface area (Å²) < 4.78 is 6.91.